The lowest BCUT2D eigenvalue weighted by atomic mass is 10.2. The van der Waals surface area contributed by atoms with Crippen molar-refractivity contribution < 1.29 is 21.9 Å². The van der Waals surface area contributed by atoms with E-state index in [2.05, 4.69) is 4.98 Å². The molecule has 0 radical (unpaired) electrons. The number of benzene rings is 1. The number of hydrogen-bond donors (Lipinski definition) is 0. The molecule has 0 unspecified atom stereocenters. The molecule has 1 fully saturated rings. The van der Waals surface area contributed by atoms with Gasteiger partial charge in [-0.3, -0.25) is 0 Å². The molecule has 9 heteroatoms. The quantitative estimate of drug-likeness (QED) is 0.840. The molecule has 0 N–H and O–H groups in total. The molecule has 2 heterocycles. The molecule has 0 atom stereocenters. The highest BCUT2D eigenvalue weighted by Gasteiger charge is 2.39. The smallest absolute Gasteiger partial charge is 0.246 e. The van der Waals surface area contributed by atoms with Gasteiger partial charge in [-0.15, -0.1) is 0 Å². The molecule has 0 spiro atoms. The summed E-state index contributed by atoms with van der Waals surface area (Å²) in [4.78, 5) is 3.39. The van der Waals surface area contributed by atoms with E-state index < -0.39 is 26.6 Å². The van der Waals surface area contributed by atoms with E-state index in [9.17, 15) is 17.2 Å². The minimum absolute atomic E-state index is 0.0590. The topological polar surface area (TPSA) is 59.5 Å². The van der Waals surface area contributed by atoms with Crippen LogP contribution in [-0.4, -0.2) is 36.9 Å². The third-order valence-corrected chi connectivity index (χ3v) is 5.40. The molecule has 1 aromatic heterocycles. The van der Waals surface area contributed by atoms with Crippen LogP contribution in [0, 0.1) is 11.6 Å². The maximum atomic E-state index is 13.6. The van der Waals surface area contributed by atoms with Crippen LogP contribution in [0.4, 0.5) is 8.78 Å². The van der Waals surface area contributed by atoms with Crippen LogP contribution in [0.5, 0.6) is 5.88 Å². The van der Waals surface area contributed by atoms with Gasteiger partial charge in [0.2, 0.25) is 15.9 Å². The number of rotatable bonds is 4. The first kappa shape index (κ1) is 16.1. The summed E-state index contributed by atoms with van der Waals surface area (Å²) in [6.07, 6.45) is 1.03. The Balaban J connectivity index is 1.67. The summed E-state index contributed by atoms with van der Waals surface area (Å²) >= 11 is 5.71. The first-order valence-corrected chi connectivity index (χ1v) is 8.41. The van der Waals surface area contributed by atoms with E-state index in [1.165, 1.54) is 6.20 Å². The monoisotopic (exact) mass is 360 g/mol. The Hall–Kier alpha value is -1.77. The molecule has 0 bridgehead atoms. The highest BCUT2D eigenvalue weighted by molar-refractivity contribution is 7.89. The van der Waals surface area contributed by atoms with Gasteiger partial charge in [0, 0.05) is 18.3 Å². The Morgan fingerprint density at radius 1 is 1.22 bits per heavy atom. The summed E-state index contributed by atoms with van der Waals surface area (Å²) < 4.78 is 57.6. The maximum Gasteiger partial charge on any atom is 0.246 e. The Labute approximate surface area is 136 Å². The van der Waals surface area contributed by atoms with E-state index in [-0.39, 0.29) is 19.2 Å². The lowest BCUT2D eigenvalue weighted by molar-refractivity contribution is 0.0719. The van der Waals surface area contributed by atoms with Gasteiger partial charge in [0.15, 0.2) is 0 Å². The first-order chi connectivity index (χ1) is 10.9. The van der Waals surface area contributed by atoms with Gasteiger partial charge in [0.05, 0.1) is 18.1 Å². The van der Waals surface area contributed by atoms with Crippen LogP contribution in [0.3, 0.4) is 0 Å². The van der Waals surface area contributed by atoms with Crippen molar-refractivity contribution in [2.75, 3.05) is 13.1 Å². The molecule has 0 aliphatic carbocycles. The average molecular weight is 361 g/mol. The van der Waals surface area contributed by atoms with Crippen LogP contribution >= 0.6 is 11.6 Å². The second-order valence-electron chi connectivity index (χ2n) is 4.95. The molecule has 0 saturated carbocycles. The highest BCUT2D eigenvalue weighted by Crippen LogP contribution is 2.26. The number of ether oxygens (including phenoxy) is 1. The normalized spacial score (nSPS) is 16.1. The summed E-state index contributed by atoms with van der Waals surface area (Å²) in [7, 11) is -4.01. The maximum absolute atomic E-state index is 13.6. The third-order valence-electron chi connectivity index (χ3n) is 3.31. The van der Waals surface area contributed by atoms with Crippen molar-refractivity contribution in [3.05, 3.63) is 53.2 Å². The molecule has 3 rings (SSSR count). The van der Waals surface area contributed by atoms with Gasteiger partial charge in [-0.25, -0.2) is 22.2 Å². The predicted molar refractivity (Wildman–Crippen MR) is 78.8 cm³/mol. The summed E-state index contributed by atoms with van der Waals surface area (Å²) in [5.74, 6) is -1.63. The predicted octanol–water partition coefficient (Wildman–Crippen LogP) is 2.47. The Bertz CT molecular complexity index is 824. The summed E-state index contributed by atoms with van der Waals surface area (Å²) in [5, 5.41) is 0.460. The van der Waals surface area contributed by atoms with Gasteiger partial charge >= 0.3 is 0 Å². The van der Waals surface area contributed by atoms with E-state index >= 15 is 0 Å². The van der Waals surface area contributed by atoms with Crippen LogP contribution in [-0.2, 0) is 10.0 Å². The molecule has 122 valence electrons. The minimum Gasteiger partial charge on any atom is -0.472 e. The molecule has 5 nitrogen and oxygen atoms in total. The van der Waals surface area contributed by atoms with Crippen LogP contribution in [0.1, 0.15) is 0 Å². The van der Waals surface area contributed by atoms with Gasteiger partial charge in [0.1, 0.15) is 22.6 Å². The van der Waals surface area contributed by atoms with Gasteiger partial charge in [-0.2, -0.15) is 4.31 Å². The second kappa shape index (κ2) is 6.03. The second-order valence-corrected chi connectivity index (χ2v) is 7.29. The summed E-state index contributed by atoms with van der Waals surface area (Å²) in [5.41, 5.74) is 0. The lowest BCUT2D eigenvalue weighted by Crippen LogP contribution is -2.56. The van der Waals surface area contributed by atoms with Crippen LogP contribution < -0.4 is 4.74 Å². The number of pyridine rings is 1. The van der Waals surface area contributed by atoms with Crippen molar-refractivity contribution in [1.82, 2.24) is 9.29 Å². The minimum atomic E-state index is -4.01. The van der Waals surface area contributed by atoms with Crippen molar-refractivity contribution in [3.63, 3.8) is 0 Å². The molecular weight excluding hydrogens is 350 g/mol. The molecule has 1 saturated heterocycles. The number of aromatic nitrogens is 1. The third kappa shape index (κ3) is 3.29. The zero-order valence-corrected chi connectivity index (χ0v) is 13.2. The summed E-state index contributed by atoms with van der Waals surface area (Å²) in [6, 6.07) is 5.53. The molecule has 1 aliphatic heterocycles. The Morgan fingerprint density at radius 2 is 1.96 bits per heavy atom. The largest absolute Gasteiger partial charge is 0.472 e. The average Bonchev–Trinajstić information content (AvgIpc) is 2.43. The Morgan fingerprint density at radius 3 is 2.57 bits per heavy atom. The van der Waals surface area contributed by atoms with E-state index in [4.69, 9.17) is 16.3 Å². The van der Waals surface area contributed by atoms with Crippen molar-refractivity contribution >= 4 is 21.6 Å². The fraction of sp³-hybridized carbons (Fsp3) is 0.214. The number of sulfonamides is 1. The molecule has 23 heavy (non-hydrogen) atoms. The molecule has 1 aliphatic rings. The van der Waals surface area contributed by atoms with Gasteiger partial charge in [-0.1, -0.05) is 11.6 Å². The number of hydrogen-bond acceptors (Lipinski definition) is 4. The van der Waals surface area contributed by atoms with Gasteiger partial charge in [0.25, 0.3) is 0 Å². The van der Waals surface area contributed by atoms with Crippen molar-refractivity contribution in [1.29, 1.82) is 0 Å². The zero-order chi connectivity index (χ0) is 16.6. The highest BCUT2D eigenvalue weighted by atomic mass is 35.5. The van der Waals surface area contributed by atoms with E-state index in [1.807, 2.05) is 0 Å². The molecule has 1 aromatic carbocycles. The van der Waals surface area contributed by atoms with Gasteiger partial charge < -0.3 is 4.74 Å². The van der Waals surface area contributed by atoms with Crippen LogP contribution in [0.2, 0.25) is 5.02 Å². The SMILES string of the molecule is O=S(=O)(c1ccc(F)cc1F)N1CC(Oc2ccc(Cl)cn2)C1. The van der Waals surface area contributed by atoms with E-state index in [1.54, 1.807) is 12.1 Å². The lowest BCUT2D eigenvalue weighted by Gasteiger charge is -2.37. The fourth-order valence-electron chi connectivity index (χ4n) is 2.10. The van der Waals surface area contributed by atoms with Crippen molar-refractivity contribution in [2.45, 2.75) is 11.0 Å². The van der Waals surface area contributed by atoms with Crippen molar-refractivity contribution in [2.24, 2.45) is 0 Å². The van der Waals surface area contributed by atoms with Crippen LogP contribution in [0.25, 0.3) is 0 Å². The summed E-state index contributed by atoms with van der Waals surface area (Å²) in [6.45, 7) is 0.118. The van der Waals surface area contributed by atoms with Gasteiger partial charge in [-0.05, 0) is 18.2 Å². The number of halogens is 3. The first-order valence-electron chi connectivity index (χ1n) is 6.59. The van der Waals surface area contributed by atoms with E-state index in [0.29, 0.717) is 17.0 Å². The van der Waals surface area contributed by atoms with Crippen molar-refractivity contribution in [3.8, 4) is 5.88 Å². The zero-order valence-electron chi connectivity index (χ0n) is 11.6. The Kier molecular flexibility index (Phi) is 4.22. The fourth-order valence-corrected chi connectivity index (χ4v) is 3.76. The number of nitrogens with zero attached hydrogens (tertiary/aromatic N) is 2. The standard InChI is InChI=1S/C14H11ClF2N2O3S/c15-9-1-4-14(18-6-9)22-11-7-19(8-11)23(20,21)13-3-2-10(16)5-12(13)17/h1-6,11H,7-8H2. The molecular formula is C14H11ClF2N2O3S. The van der Waals surface area contributed by atoms with E-state index in [0.717, 1.165) is 16.4 Å². The molecule has 2 aromatic rings. The molecule has 0 amide bonds. The van der Waals surface area contributed by atoms with Crippen LogP contribution in [0.15, 0.2) is 41.4 Å².